The quantitative estimate of drug-likeness (QED) is 0.797. The Labute approximate surface area is 163 Å². The van der Waals surface area contributed by atoms with Crippen molar-refractivity contribution in [2.45, 2.75) is 32.2 Å². The summed E-state index contributed by atoms with van der Waals surface area (Å²) in [4.78, 5) is 23.0. The monoisotopic (exact) mass is 389 g/mol. The summed E-state index contributed by atoms with van der Waals surface area (Å²) in [6.07, 6.45) is 4.48. The highest BCUT2D eigenvalue weighted by molar-refractivity contribution is 7.15. The Hall–Kier alpha value is -1.77. The molecule has 0 aliphatic carbocycles. The first kappa shape index (κ1) is 18.6. The van der Waals surface area contributed by atoms with Gasteiger partial charge in [-0.3, -0.25) is 14.4 Å². The molecule has 7 nitrogen and oxygen atoms in total. The van der Waals surface area contributed by atoms with Crippen molar-refractivity contribution in [1.82, 2.24) is 24.6 Å². The minimum absolute atomic E-state index is 0.217. The number of hydrogen-bond donors (Lipinski definition) is 0. The van der Waals surface area contributed by atoms with E-state index in [1.165, 1.54) is 0 Å². The zero-order chi connectivity index (χ0) is 18.8. The van der Waals surface area contributed by atoms with Crippen LogP contribution in [0, 0.1) is 6.92 Å². The molecule has 2 aromatic rings. The number of likely N-dealkylation sites (tertiary alicyclic amines) is 1. The van der Waals surface area contributed by atoms with Gasteiger partial charge in [0.25, 0.3) is 0 Å². The minimum Gasteiger partial charge on any atom is -0.379 e. The molecule has 0 unspecified atom stereocenters. The van der Waals surface area contributed by atoms with Crippen LogP contribution in [0.25, 0.3) is 10.7 Å². The van der Waals surface area contributed by atoms with Crippen molar-refractivity contribution in [2.75, 3.05) is 39.4 Å². The Bertz CT molecular complexity index is 788. The van der Waals surface area contributed by atoms with Crippen molar-refractivity contribution >= 4 is 17.2 Å². The summed E-state index contributed by atoms with van der Waals surface area (Å²) >= 11 is 1.58. The van der Waals surface area contributed by atoms with E-state index in [4.69, 9.17) is 4.74 Å². The van der Waals surface area contributed by atoms with Gasteiger partial charge < -0.3 is 9.64 Å². The second kappa shape index (κ2) is 8.08. The van der Waals surface area contributed by atoms with Crippen LogP contribution < -0.4 is 0 Å². The Morgan fingerprint density at radius 3 is 2.67 bits per heavy atom. The summed E-state index contributed by atoms with van der Waals surface area (Å²) in [5.41, 5.74) is 1.81. The third-order valence-corrected chi connectivity index (χ3v) is 6.70. The molecule has 27 heavy (non-hydrogen) atoms. The van der Waals surface area contributed by atoms with E-state index in [0.717, 1.165) is 73.5 Å². The number of hydrogen-bond acceptors (Lipinski definition) is 6. The van der Waals surface area contributed by atoms with Gasteiger partial charge in [-0.25, -0.2) is 4.98 Å². The second-order valence-electron chi connectivity index (χ2n) is 7.34. The van der Waals surface area contributed by atoms with Gasteiger partial charge in [0.05, 0.1) is 25.3 Å². The summed E-state index contributed by atoms with van der Waals surface area (Å²) in [7, 11) is 1.90. The lowest BCUT2D eigenvalue weighted by atomic mass is 10.0. The number of carbonyl (C=O) groups excluding carboxylic acids is 1. The maximum atomic E-state index is 12.8. The Kier molecular flexibility index (Phi) is 5.56. The van der Waals surface area contributed by atoms with Gasteiger partial charge in [0.1, 0.15) is 10.7 Å². The molecule has 2 aliphatic heterocycles. The fourth-order valence-corrected chi connectivity index (χ4v) is 4.92. The lowest BCUT2D eigenvalue weighted by molar-refractivity contribution is -0.132. The lowest BCUT2D eigenvalue weighted by Crippen LogP contribution is -2.50. The third-order valence-electron chi connectivity index (χ3n) is 5.52. The number of amides is 1. The fraction of sp³-hybridized carbons (Fsp3) is 0.632. The van der Waals surface area contributed by atoms with Gasteiger partial charge in [-0.05, 0) is 25.8 Å². The van der Waals surface area contributed by atoms with E-state index in [9.17, 15) is 4.79 Å². The molecule has 0 atom stereocenters. The van der Waals surface area contributed by atoms with Crippen LogP contribution in [0.3, 0.4) is 0 Å². The molecule has 4 heterocycles. The molecule has 4 rings (SSSR count). The Balaban J connectivity index is 1.34. The van der Waals surface area contributed by atoms with Crippen LogP contribution in [0.4, 0.5) is 0 Å². The number of piperidine rings is 1. The molecule has 0 radical (unpaired) electrons. The zero-order valence-corrected chi connectivity index (χ0v) is 16.9. The fourth-order valence-electron chi connectivity index (χ4n) is 3.90. The number of aromatic nitrogens is 3. The average Bonchev–Trinajstić information content (AvgIpc) is 3.28. The largest absolute Gasteiger partial charge is 0.379 e. The third kappa shape index (κ3) is 4.23. The van der Waals surface area contributed by atoms with E-state index in [1.807, 2.05) is 31.1 Å². The first-order chi connectivity index (χ1) is 13.1. The minimum atomic E-state index is 0.217. The van der Waals surface area contributed by atoms with E-state index in [2.05, 4.69) is 15.0 Å². The van der Waals surface area contributed by atoms with E-state index in [-0.39, 0.29) is 5.91 Å². The summed E-state index contributed by atoms with van der Waals surface area (Å²) in [5.74, 6) is 0.217. The summed E-state index contributed by atoms with van der Waals surface area (Å²) in [6.45, 7) is 7.41. The van der Waals surface area contributed by atoms with Crippen LogP contribution in [-0.2, 0) is 23.0 Å². The molecule has 2 fully saturated rings. The molecule has 1 amide bonds. The second-order valence-corrected chi connectivity index (χ2v) is 8.42. The molecule has 8 heteroatoms. The average molecular weight is 390 g/mol. The van der Waals surface area contributed by atoms with Crippen LogP contribution in [0.2, 0.25) is 0 Å². The van der Waals surface area contributed by atoms with Crippen molar-refractivity contribution in [3.63, 3.8) is 0 Å². The maximum absolute atomic E-state index is 12.8. The maximum Gasteiger partial charge on any atom is 0.227 e. The molecular formula is C19H27N5O2S. The van der Waals surface area contributed by atoms with Crippen molar-refractivity contribution in [2.24, 2.45) is 7.05 Å². The summed E-state index contributed by atoms with van der Waals surface area (Å²) < 4.78 is 7.22. The zero-order valence-electron chi connectivity index (χ0n) is 16.1. The van der Waals surface area contributed by atoms with Gasteiger partial charge in [0.2, 0.25) is 5.91 Å². The Morgan fingerprint density at radius 2 is 2.00 bits per heavy atom. The molecule has 0 aromatic carbocycles. The Morgan fingerprint density at radius 1 is 1.26 bits per heavy atom. The van der Waals surface area contributed by atoms with Crippen LogP contribution in [0.5, 0.6) is 0 Å². The molecule has 2 aromatic heterocycles. The van der Waals surface area contributed by atoms with Gasteiger partial charge in [0, 0.05) is 50.3 Å². The molecule has 2 saturated heterocycles. The van der Waals surface area contributed by atoms with Gasteiger partial charge in [-0.15, -0.1) is 11.3 Å². The molecule has 0 N–H and O–H groups in total. The van der Waals surface area contributed by atoms with Crippen LogP contribution in [0.1, 0.15) is 23.4 Å². The highest BCUT2D eigenvalue weighted by Crippen LogP contribution is 2.28. The van der Waals surface area contributed by atoms with E-state index in [0.29, 0.717) is 12.5 Å². The number of rotatable bonds is 4. The molecular weight excluding hydrogens is 362 g/mol. The SMILES string of the molecule is Cc1nc(-c2ccn(C)n2)sc1CC(=O)N1CCC(N2CCOCC2)CC1. The van der Waals surface area contributed by atoms with E-state index in [1.54, 1.807) is 16.0 Å². The highest BCUT2D eigenvalue weighted by Gasteiger charge is 2.28. The first-order valence-corrected chi connectivity index (χ1v) is 10.5. The first-order valence-electron chi connectivity index (χ1n) is 9.66. The standard InChI is InChI=1S/C19H27N5O2S/c1-14-17(27-19(20-14)16-5-6-22(2)21-16)13-18(25)24-7-3-15(4-8-24)23-9-11-26-12-10-23/h5-6,15H,3-4,7-13H2,1-2H3. The number of ether oxygens (including phenoxy) is 1. The van der Waals surface area contributed by atoms with Crippen molar-refractivity contribution < 1.29 is 9.53 Å². The van der Waals surface area contributed by atoms with E-state index < -0.39 is 0 Å². The number of morpholine rings is 1. The summed E-state index contributed by atoms with van der Waals surface area (Å²) in [6, 6.07) is 2.55. The predicted octanol–water partition coefficient (Wildman–Crippen LogP) is 1.72. The lowest BCUT2D eigenvalue weighted by Gasteiger charge is -2.40. The predicted molar refractivity (Wildman–Crippen MR) is 105 cm³/mol. The number of nitrogens with zero attached hydrogens (tertiary/aromatic N) is 5. The smallest absolute Gasteiger partial charge is 0.227 e. The van der Waals surface area contributed by atoms with Crippen LogP contribution in [-0.4, -0.2) is 75.9 Å². The molecule has 0 bridgehead atoms. The van der Waals surface area contributed by atoms with Gasteiger partial charge in [-0.2, -0.15) is 5.10 Å². The van der Waals surface area contributed by atoms with Crippen LogP contribution in [0.15, 0.2) is 12.3 Å². The topological polar surface area (TPSA) is 63.5 Å². The normalized spacial score (nSPS) is 19.6. The molecule has 0 spiro atoms. The van der Waals surface area contributed by atoms with Gasteiger partial charge in [0.15, 0.2) is 0 Å². The number of aryl methyl sites for hydroxylation is 2. The van der Waals surface area contributed by atoms with Gasteiger partial charge in [-0.1, -0.05) is 0 Å². The molecule has 0 saturated carbocycles. The van der Waals surface area contributed by atoms with Gasteiger partial charge >= 0.3 is 0 Å². The van der Waals surface area contributed by atoms with Crippen molar-refractivity contribution in [3.8, 4) is 10.7 Å². The number of carbonyl (C=O) groups is 1. The highest BCUT2D eigenvalue weighted by atomic mass is 32.1. The van der Waals surface area contributed by atoms with Crippen molar-refractivity contribution in [3.05, 3.63) is 22.8 Å². The van der Waals surface area contributed by atoms with Crippen molar-refractivity contribution in [1.29, 1.82) is 0 Å². The number of thiazole rings is 1. The molecule has 2 aliphatic rings. The van der Waals surface area contributed by atoms with E-state index >= 15 is 0 Å². The molecule has 146 valence electrons. The summed E-state index contributed by atoms with van der Waals surface area (Å²) in [5, 5.41) is 5.30. The van der Waals surface area contributed by atoms with Crippen LogP contribution >= 0.6 is 11.3 Å².